The molecule has 4 rings (SSSR count). The van der Waals surface area contributed by atoms with Crippen molar-refractivity contribution in [2.75, 3.05) is 0 Å². The van der Waals surface area contributed by atoms with Gasteiger partial charge in [0, 0.05) is 28.3 Å². The van der Waals surface area contributed by atoms with Crippen molar-refractivity contribution in [2.45, 2.75) is 27.2 Å². The summed E-state index contributed by atoms with van der Waals surface area (Å²) in [5.41, 5.74) is 2.79. The molecule has 9 heteroatoms. The minimum Gasteiger partial charge on any atom is -0.423 e. The molecule has 47 heavy (non-hydrogen) atoms. The number of benzene rings is 4. The first kappa shape index (κ1) is 33.8. The van der Waals surface area contributed by atoms with Gasteiger partial charge in [0.05, 0.1) is 5.56 Å². The second kappa shape index (κ2) is 14.8. The summed E-state index contributed by atoms with van der Waals surface area (Å²) in [5.74, 6) is -2.83. The third kappa shape index (κ3) is 8.55. The van der Waals surface area contributed by atoms with Crippen molar-refractivity contribution < 1.29 is 42.5 Å². The van der Waals surface area contributed by atoms with Crippen molar-refractivity contribution in [3.05, 3.63) is 133 Å². The molecule has 0 aliphatic carbocycles. The second-order valence-corrected chi connectivity index (χ2v) is 10.5. The molecule has 0 aliphatic heterocycles. The molecule has 238 valence electrons. The summed E-state index contributed by atoms with van der Waals surface area (Å²) in [6.45, 7) is 15.6. The number of ether oxygens (including phenoxy) is 4. The normalized spacial score (nSPS) is 10.4. The molecule has 0 saturated carbocycles. The quantitative estimate of drug-likeness (QED) is 0.0924. The number of carbonyl (C=O) groups is 4. The number of rotatable bonds is 11. The van der Waals surface area contributed by atoms with Gasteiger partial charge in [0.15, 0.2) is 0 Å². The summed E-state index contributed by atoms with van der Waals surface area (Å²) in [4.78, 5) is 48.9. The van der Waals surface area contributed by atoms with Crippen molar-refractivity contribution in [1.82, 2.24) is 0 Å². The number of hydrogen-bond acceptors (Lipinski definition) is 8. The van der Waals surface area contributed by atoms with Crippen LogP contribution in [-0.4, -0.2) is 23.9 Å². The van der Waals surface area contributed by atoms with Gasteiger partial charge in [0.25, 0.3) is 0 Å². The lowest BCUT2D eigenvalue weighted by Crippen LogP contribution is -2.12. The van der Waals surface area contributed by atoms with Crippen LogP contribution in [0.5, 0.6) is 23.0 Å². The molecule has 0 N–H and O–H groups in total. The van der Waals surface area contributed by atoms with E-state index in [-0.39, 0.29) is 45.3 Å². The highest BCUT2D eigenvalue weighted by Gasteiger charge is 2.18. The molecular formula is C38H31FO8. The standard InChI is InChI=1S/C38H31FO8/c1-7-24(6)37(42)47-34-21-30(46-36(41)23(4)5)17-19-31(34)26-10-8-25(9-11-26)27-12-18-32(33(39)20-27)38(43)45-29-15-13-28(14-16-29)44-35(40)22(2)3/h8-21H,2,4,6-7H2,1,3,5H3. The van der Waals surface area contributed by atoms with Crippen molar-refractivity contribution in [3.63, 3.8) is 0 Å². The average Bonchev–Trinajstić information content (AvgIpc) is 3.05. The smallest absolute Gasteiger partial charge is 0.346 e. The van der Waals surface area contributed by atoms with E-state index in [9.17, 15) is 19.2 Å². The van der Waals surface area contributed by atoms with E-state index in [1.807, 2.05) is 0 Å². The number of esters is 4. The summed E-state index contributed by atoms with van der Waals surface area (Å²) in [7, 11) is 0. The topological polar surface area (TPSA) is 105 Å². The van der Waals surface area contributed by atoms with Gasteiger partial charge in [0.1, 0.15) is 28.8 Å². The van der Waals surface area contributed by atoms with Crippen molar-refractivity contribution in [1.29, 1.82) is 0 Å². The van der Waals surface area contributed by atoms with E-state index in [0.29, 0.717) is 28.7 Å². The van der Waals surface area contributed by atoms with Crippen LogP contribution in [0.15, 0.2) is 121 Å². The van der Waals surface area contributed by atoms with Crippen LogP contribution in [0.3, 0.4) is 0 Å². The SMILES string of the molecule is C=C(C)C(=O)Oc1ccc(OC(=O)c2ccc(-c3ccc(-c4ccc(OC(=O)C(=C)C)cc4OC(=O)C(=C)CC)cc3)cc2F)cc1. The Balaban J connectivity index is 1.52. The van der Waals surface area contributed by atoms with Crippen LogP contribution in [-0.2, 0) is 14.4 Å². The third-order valence-corrected chi connectivity index (χ3v) is 6.74. The molecule has 0 atom stereocenters. The summed E-state index contributed by atoms with van der Waals surface area (Å²) in [6, 6.07) is 21.5. The molecule has 0 radical (unpaired) electrons. The van der Waals surface area contributed by atoms with Crippen LogP contribution in [0, 0.1) is 5.82 Å². The van der Waals surface area contributed by atoms with Crippen molar-refractivity contribution >= 4 is 23.9 Å². The molecule has 0 heterocycles. The first-order valence-electron chi connectivity index (χ1n) is 14.4. The second-order valence-electron chi connectivity index (χ2n) is 10.5. The van der Waals surface area contributed by atoms with Crippen LogP contribution < -0.4 is 18.9 Å². The Hall–Kier alpha value is -6.09. The first-order chi connectivity index (χ1) is 22.4. The summed E-state index contributed by atoms with van der Waals surface area (Å²) in [6.07, 6.45) is 0.391. The zero-order valence-electron chi connectivity index (χ0n) is 26.1. The minimum atomic E-state index is -0.902. The maximum Gasteiger partial charge on any atom is 0.346 e. The fourth-order valence-corrected chi connectivity index (χ4v) is 4.03. The number of carbonyl (C=O) groups excluding carboxylic acids is 4. The molecular weight excluding hydrogens is 603 g/mol. The fourth-order valence-electron chi connectivity index (χ4n) is 4.03. The Labute approximate surface area is 271 Å². The lowest BCUT2D eigenvalue weighted by molar-refractivity contribution is -0.131. The lowest BCUT2D eigenvalue weighted by atomic mass is 9.98. The van der Waals surface area contributed by atoms with Crippen LogP contribution >= 0.6 is 0 Å². The van der Waals surface area contributed by atoms with Gasteiger partial charge in [-0.1, -0.05) is 57.0 Å². The van der Waals surface area contributed by atoms with Crippen molar-refractivity contribution in [2.24, 2.45) is 0 Å². The third-order valence-electron chi connectivity index (χ3n) is 6.74. The summed E-state index contributed by atoms with van der Waals surface area (Å²) < 4.78 is 36.4. The molecule has 0 amide bonds. The molecule has 0 fully saturated rings. The fraction of sp³-hybridized carbons (Fsp3) is 0.105. The number of hydrogen-bond donors (Lipinski definition) is 0. The van der Waals surface area contributed by atoms with E-state index in [4.69, 9.17) is 18.9 Å². The Morgan fingerprint density at radius 3 is 1.66 bits per heavy atom. The van der Waals surface area contributed by atoms with Crippen LogP contribution in [0.2, 0.25) is 0 Å². The zero-order valence-corrected chi connectivity index (χ0v) is 26.1. The molecule has 4 aromatic rings. The molecule has 0 unspecified atom stereocenters. The van der Waals surface area contributed by atoms with Gasteiger partial charge in [-0.15, -0.1) is 0 Å². The zero-order chi connectivity index (χ0) is 34.2. The van der Waals surface area contributed by atoms with Crippen LogP contribution in [0.4, 0.5) is 4.39 Å². The highest BCUT2D eigenvalue weighted by atomic mass is 19.1. The molecule has 0 saturated heterocycles. The Morgan fingerprint density at radius 1 is 0.596 bits per heavy atom. The van der Waals surface area contributed by atoms with Crippen LogP contribution in [0.25, 0.3) is 22.3 Å². The first-order valence-corrected chi connectivity index (χ1v) is 14.4. The predicted octanol–water partition coefficient (Wildman–Crippen LogP) is 8.21. The summed E-state index contributed by atoms with van der Waals surface area (Å²) >= 11 is 0. The van der Waals surface area contributed by atoms with E-state index in [1.54, 1.807) is 49.4 Å². The molecule has 4 aromatic carbocycles. The van der Waals surface area contributed by atoms with Gasteiger partial charge in [-0.2, -0.15) is 0 Å². The van der Waals surface area contributed by atoms with Gasteiger partial charge in [0.2, 0.25) is 0 Å². The Bertz CT molecular complexity index is 1900. The maximum atomic E-state index is 15.1. The minimum absolute atomic E-state index is 0.135. The van der Waals surface area contributed by atoms with Gasteiger partial charge >= 0.3 is 23.9 Å². The highest BCUT2D eigenvalue weighted by molar-refractivity contribution is 5.93. The Kier molecular flexibility index (Phi) is 10.6. The van der Waals surface area contributed by atoms with E-state index in [0.717, 1.165) is 0 Å². The van der Waals surface area contributed by atoms with Gasteiger partial charge in [-0.05, 0) is 85.5 Å². The largest absolute Gasteiger partial charge is 0.423 e. The molecule has 0 aromatic heterocycles. The molecule has 0 bridgehead atoms. The lowest BCUT2D eigenvalue weighted by Gasteiger charge is -2.14. The molecule has 8 nitrogen and oxygen atoms in total. The average molecular weight is 635 g/mol. The van der Waals surface area contributed by atoms with Gasteiger partial charge in [-0.25, -0.2) is 23.6 Å². The van der Waals surface area contributed by atoms with E-state index >= 15 is 4.39 Å². The van der Waals surface area contributed by atoms with Gasteiger partial charge in [-0.3, -0.25) is 0 Å². The monoisotopic (exact) mass is 634 g/mol. The number of halogens is 1. The van der Waals surface area contributed by atoms with E-state index in [2.05, 4.69) is 19.7 Å². The van der Waals surface area contributed by atoms with Crippen molar-refractivity contribution in [3.8, 4) is 45.3 Å². The predicted molar refractivity (Wildman–Crippen MR) is 175 cm³/mol. The van der Waals surface area contributed by atoms with E-state index in [1.165, 1.54) is 56.3 Å². The molecule has 0 spiro atoms. The summed E-state index contributed by atoms with van der Waals surface area (Å²) in [5, 5.41) is 0. The highest BCUT2D eigenvalue weighted by Crippen LogP contribution is 2.36. The maximum absolute atomic E-state index is 15.1. The van der Waals surface area contributed by atoms with Gasteiger partial charge < -0.3 is 18.9 Å². The van der Waals surface area contributed by atoms with E-state index < -0.39 is 29.7 Å². The van der Waals surface area contributed by atoms with Crippen LogP contribution in [0.1, 0.15) is 37.6 Å². The molecule has 0 aliphatic rings. The Morgan fingerprint density at radius 2 is 1.11 bits per heavy atom.